The van der Waals surface area contributed by atoms with E-state index in [1.165, 1.54) is 21.9 Å². The van der Waals surface area contributed by atoms with E-state index in [-0.39, 0.29) is 0 Å². The Labute approximate surface area is 131 Å². The zero-order valence-electron chi connectivity index (χ0n) is 12.6. The highest BCUT2D eigenvalue weighted by molar-refractivity contribution is 5.93. The number of ether oxygens (including phenoxy) is 1. The normalized spacial score (nSPS) is 11.5. The summed E-state index contributed by atoms with van der Waals surface area (Å²) in [6.07, 6.45) is 7.99. The molecule has 1 nitrogen and oxygen atoms in total. The van der Waals surface area contributed by atoms with E-state index in [0.717, 1.165) is 5.56 Å². The molecule has 0 unspecified atom stereocenters. The van der Waals surface area contributed by atoms with E-state index in [4.69, 9.17) is 4.74 Å². The average Bonchev–Trinajstić information content (AvgIpc) is 2.58. The topological polar surface area (TPSA) is 9.23 Å². The standard InChI is InChI=1S/C21H18O/c1-22-14-13-20-16-18(12-11-17-7-3-2-4-8-17)15-19-9-5-6-10-21(19)20/h2-16H,1H3. The van der Waals surface area contributed by atoms with Crippen molar-refractivity contribution >= 4 is 29.0 Å². The SMILES string of the molecule is COC=Cc1cc(C=Cc2ccccc2)cc2ccccc12. The van der Waals surface area contributed by atoms with Crippen LogP contribution in [0.25, 0.3) is 29.0 Å². The van der Waals surface area contributed by atoms with Crippen molar-refractivity contribution in [3.8, 4) is 0 Å². The summed E-state index contributed by atoms with van der Waals surface area (Å²) in [5.74, 6) is 0. The van der Waals surface area contributed by atoms with E-state index in [1.54, 1.807) is 13.4 Å². The highest BCUT2D eigenvalue weighted by Gasteiger charge is 2.00. The Kier molecular flexibility index (Phi) is 4.35. The molecule has 0 atom stereocenters. The first-order chi connectivity index (χ1) is 10.9. The Hall–Kier alpha value is -2.80. The van der Waals surface area contributed by atoms with Gasteiger partial charge in [0.15, 0.2) is 0 Å². The van der Waals surface area contributed by atoms with Crippen LogP contribution in [-0.2, 0) is 4.74 Å². The van der Waals surface area contributed by atoms with Crippen LogP contribution < -0.4 is 0 Å². The van der Waals surface area contributed by atoms with Gasteiger partial charge >= 0.3 is 0 Å². The Morgan fingerprint density at radius 3 is 2.27 bits per heavy atom. The highest BCUT2D eigenvalue weighted by Crippen LogP contribution is 2.23. The lowest BCUT2D eigenvalue weighted by Gasteiger charge is -2.05. The van der Waals surface area contributed by atoms with E-state index in [0.29, 0.717) is 0 Å². The van der Waals surface area contributed by atoms with E-state index in [2.05, 4.69) is 60.7 Å². The van der Waals surface area contributed by atoms with Gasteiger partial charge in [-0.3, -0.25) is 0 Å². The predicted molar refractivity (Wildman–Crippen MR) is 95.4 cm³/mol. The van der Waals surface area contributed by atoms with Crippen molar-refractivity contribution in [2.24, 2.45) is 0 Å². The van der Waals surface area contributed by atoms with E-state index >= 15 is 0 Å². The second kappa shape index (κ2) is 6.77. The number of methoxy groups -OCH3 is 1. The molecule has 0 aromatic heterocycles. The minimum atomic E-state index is 1.16. The third kappa shape index (κ3) is 3.26. The van der Waals surface area contributed by atoms with Crippen molar-refractivity contribution in [3.05, 3.63) is 89.7 Å². The number of fused-ring (bicyclic) bond motifs is 1. The zero-order chi connectivity index (χ0) is 15.2. The fraction of sp³-hybridized carbons (Fsp3) is 0.0476. The second-order valence-electron chi connectivity index (χ2n) is 5.11. The monoisotopic (exact) mass is 286 g/mol. The van der Waals surface area contributed by atoms with Crippen molar-refractivity contribution in [2.75, 3.05) is 7.11 Å². The highest BCUT2D eigenvalue weighted by atomic mass is 16.5. The summed E-state index contributed by atoms with van der Waals surface area (Å²) in [6.45, 7) is 0. The number of hydrogen-bond donors (Lipinski definition) is 0. The summed E-state index contributed by atoms with van der Waals surface area (Å²) >= 11 is 0. The molecule has 0 heterocycles. The Morgan fingerprint density at radius 1 is 0.727 bits per heavy atom. The molecule has 108 valence electrons. The first kappa shape index (κ1) is 14.2. The molecule has 0 radical (unpaired) electrons. The van der Waals surface area contributed by atoms with Crippen LogP contribution in [0.5, 0.6) is 0 Å². The summed E-state index contributed by atoms with van der Waals surface area (Å²) in [4.78, 5) is 0. The molecule has 0 spiro atoms. The van der Waals surface area contributed by atoms with E-state index < -0.39 is 0 Å². The van der Waals surface area contributed by atoms with Crippen LogP contribution in [-0.4, -0.2) is 7.11 Å². The summed E-state index contributed by atoms with van der Waals surface area (Å²) in [7, 11) is 1.66. The molecule has 22 heavy (non-hydrogen) atoms. The van der Waals surface area contributed by atoms with Gasteiger partial charge in [-0.15, -0.1) is 0 Å². The maximum Gasteiger partial charge on any atom is 0.0830 e. The second-order valence-corrected chi connectivity index (χ2v) is 5.11. The summed E-state index contributed by atoms with van der Waals surface area (Å²) in [5, 5.41) is 2.46. The van der Waals surface area contributed by atoms with Gasteiger partial charge in [-0.05, 0) is 45.7 Å². The van der Waals surface area contributed by atoms with Crippen LogP contribution in [0.3, 0.4) is 0 Å². The smallest absolute Gasteiger partial charge is 0.0830 e. The lowest BCUT2D eigenvalue weighted by atomic mass is 10.00. The third-order valence-electron chi connectivity index (χ3n) is 3.57. The van der Waals surface area contributed by atoms with Gasteiger partial charge in [0.05, 0.1) is 13.4 Å². The van der Waals surface area contributed by atoms with Crippen LogP contribution in [0, 0.1) is 0 Å². The molecule has 3 aromatic rings. The van der Waals surface area contributed by atoms with Gasteiger partial charge in [-0.25, -0.2) is 0 Å². The number of benzene rings is 3. The van der Waals surface area contributed by atoms with Crippen LogP contribution in [0.4, 0.5) is 0 Å². The Balaban J connectivity index is 2.03. The molecule has 0 saturated heterocycles. The number of hydrogen-bond acceptors (Lipinski definition) is 1. The van der Waals surface area contributed by atoms with Gasteiger partial charge in [-0.2, -0.15) is 0 Å². The molecule has 0 bridgehead atoms. The van der Waals surface area contributed by atoms with Crippen molar-refractivity contribution in [3.63, 3.8) is 0 Å². The first-order valence-corrected chi connectivity index (χ1v) is 7.32. The molecular weight excluding hydrogens is 268 g/mol. The van der Waals surface area contributed by atoms with Gasteiger partial charge in [0.1, 0.15) is 0 Å². The van der Waals surface area contributed by atoms with Crippen LogP contribution in [0.15, 0.2) is 73.0 Å². The minimum Gasteiger partial charge on any atom is -0.504 e. The maximum atomic E-state index is 5.07. The Morgan fingerprint density at radius 2 is 1.45 bits per heavy atom. The zero-order valence-corrected chi connectivity index (χ0v) is 12.6. The van der Waals surface area contributed by atoms with Crippen LogP contribution in [0.1, 0.15) is 16.7 Å². The molecule has 0 aliphatic rings. The van der Waals surface area contributed by atoms with Crippen molar-refractivity contribution < 1.29 is 4.74 Å². The van der Waals surface area contributed by atoms with Gasteiger partial charge in [0.2, 0.25) is 0 Å². The van der Waals surface area contributed by atoms with E-state index in [9.17, 15) is 0 Å². The molecule has 0 aliphatic carbocycles. The fourth-order valence-electron chi connectivity index (χ4n) is 2.50. The lowest BCUT2D eigenvalue weighted by Crippen LogP contribution is -1.82. The first-order valence-electron chi connectivity index (χ1n) is 7.32. The third-order valence-corrected chi connectivity index (χ3v) is 3.57. The van der Waals surface area contributed by atoms with Crippen LogP contribution >= 0.6 is 0 Å². The lowest BCUT2D eigenvalue weighted by molar-refractivity contribution is 0.341. The molecule has 0 saturated carbocycles. The van der Waals surface area contributed by atoms with E-state index in [1.807, 2.05) is 24.3 Å². The molecule has 0 N–H and O–H groups in total. The molecule has 3 aromatic carbocycles. The summed E-state index contributed by atoms with van der Waals surface area (Å²) in [6, 6.07) is 23.1. The molecule has 1 heteroatoms. The van der Waals surface area contributed by atoms with Gasteiger partial charge in [0.25, 0.3) is 0 Å². The molecule has 0 fully saturated rings. The maximum absolute atomic E-state index is 5.07. The van der Waals surface area contributed by atoms with Crippen molar-refractivity contribution in [1.29, 1.82) is 0 Å². The molecule has 0 amide bonds. The quantitative estimate of drug-likeness (QED) is 0.446. The molecular formula is C21H18O. The summed E-state index contributed by atoms with van der Waals surface area (Å²) < 4.78 is 5.07. The molecule has 0 aliphatic heterocycles. The Bertz CT molecular complexity index is 814. The van der Waals surface area contributed by atoms with Crippen LogP contribution in [0.2, 0.25) is 0 Å². The van der Waals surface area contributed by atoms with Gasteiger partial charge in [-0.1, -0.05) is 66.7 Å². The van der Waals surface area contributed by atoms with Gasteiger partial charge < -0.3 is 4.74 Å². The minimum absolute atomic E-state index is 1.16. The van der Waals surface area contributed by atoms with Gasteiger partial charge in [0, 0.05) is 0 Å². The molecule has 3 rings (SSSR count). The summed E-state index contributed by atoms with van der Waals surface area (Å²) in [5.41, 5.74) is 3.54. The largest absolute Gasteiger partial charge is 0.504 e. The fourth-order valence-corrected chi connectivity index (χ4v) is 2.50. The number of rotatable bonds is 4. The van der Waals surface area contributed by atoms with Crippen molar-refractivity contribution in [2.45, 2.75) is 0 Å². The predicted octanol–water partition coefficient (Wildman–Crippen LogP) is 5.63. The average molecular weight is 286 g/mol. The van der Waals surface area contributed by atoms with Crippen molar-refractivity contribution in [1.82, 2.24) is 0 Å².